The van der Waals surface area contributed by atoms with Crippen molar-refractivity contribution in [2.75, 3.05) is 20.2 Å². The third-order valence-electron chi connectivity index (χ3n) is 3.35. The van der Waals surface area contributed by atoms with E-state index in [0.717, 1.165) is 0 Å². The first-order chi connectivity index (χ1) is 10.0. The van der Waals surface area contributed by atoms with Gasteiger partial charge in [-0.2, -0.15) is 0 Å². The molecular weight excluding hydrogens is 275 g/mol. The van der Waals surface area contributed by atoms with Crippen LogP contribution in [0, 0.1) is 5.82 Å². The Labute approximate surface area is 122 Å². The van der Waals surface area contributed by atoms with Gasteiger partial charge in [-0.1, -0.05) is 18.2 Å². The summed E-state index contributed by atoms with van der Waals surface area (Å²) >= 11 is 0. The fourth-order valence-electron chi connectivity index (χ4n) is 2.29. The molecule has 112 valence electrons. The Balaban J connectivity index is 2.31. The van der Waals surface area contributed by atoms with Crippen LogP contribution in [0.2, 0.25) is 0 Å². The highest BCUT2D eigenvalue weighted by molar-refractivity contribution is 5.86. The Morgan fingerprint density at radius 1 is 1.62 bits per heavy atom. The van der Waals surface area contributed by atoms with Crippen molar-refractivity contribution in [1.82, 2.24) is 10.2 Å². The van der Waals surface area contributed by atoms with E-state index in [2.05, 4.69) is 11.9 Å². The van der Waals surface area contributed by atoms with Gasteiger partial charge in [0.1, 0.15) is 12.4 Å². The molecule has 0 unspecified atom stereocenters. The van der Waals surface area contributed by atoms with Crippen LogP contribution >= 0.6 is 0 Å². The lowest BCUT2D eigenvalue weighted by molar-refractivity contribution is -0.162. The van der Waals surface area contributed by atoms with Crippen molar-refractivity contribution in [1.29, 1.82) is 0 Å². The Hall–Kier alpha value is -2.21. The summed E-state index contributed by atoms with van der Waals surface area (Å²) in [5.74, 6) is -1.04. The highest BCUT2D eigenvalue weighted by Gasteiger charge is 2.39. The third kappa shape index (κ3) is 3.28. The standard InChI is InChI=1S/C15H17FN2O3/c1-3-7-17-15(20)14-13(18(2)12(19)9-21-14)10-5-4-6-11(16)8-10/h3-6,8,13-14H,1,7,9H2,2H3,(H,17,20)/t13-,14-/m1/s1. The van der Waals surface area contributed by atoms with Gasteiger partial charge in [0.15, 0.2) is 6.10 Å². The molecule has 1 heterocycles. The number of carbonyl (C=O) groups excluding carboxylic acids is 2. The zero-order chi connectivity index (χ0) is 15.4. The van der Waals surface area contributed by atoms with Gasteiger partial charge in [0, 0.05) is 13.6 Å². The van der Waals surface area contributed by atoms with Gasteiger partial charge in [-0.05, 0) is 17.7 Å². The van der Waals surface area contributed by atoms with Crippen molar-refractivity contribution < 1.29 is 18.7 Å². The minimum absolute atomic E-state index is 0.172. The number of nitrogens with zero attached hydrogens (tertiary/aromatic N) is 1. The minimum Gasteiger partial charge on any atom is -0.356 e. The molecule has 0 aromatic heterocycles. The first-order valence-corrected chi connectivity index (χ1v) is 6.56. The van der Waals surface area contributed by atoms with E-state index in [9.17, 15) is 14.0 Å². The fourth-order valence-corrected chi connectivity index (χ4v) is 2.29. The van der Waals surface area contributed by atoms with E-state index < -0.39 is 18.0 Å². The largest absolute Gasteiger partial charge is 0.356 e. The van der Waals surface area contributed by atoms with E-state index in [1.54, 1.807) is 19.2 Å². The molecule has 0 aliphatic carbocycles. The summed E-state index contributed by atoms with van der Waals surface area (Å²) in [6.45, 7) is 3.65. The zero-order valence-corrected chi connectivity index (χ0v) is 11.7. The molecule has 5 nitrogen and oxygen atoms in total. The lowest BCUT2D eigenvalue weighted by Gasteiger charge is -2.38. The van der Waals surface area contributed by atoms with Crippen LogP contribution in [-0.4, -0.2) is 43.0 Å². The molecule has 1 aromatic carbocycles. The van der Waals surface area contributed by atoms with Crippen LogP contribution in [0.4, 0.5) is 4.39 Å². The summed E-state index contributed by atoms with van der Waals surface area (Å²) in [4.78, 5) is 25.4. The maximum atomic E-state index is 13.4. The van der Waals surface area contributed by atoms with E-state index in [-0.39, 0.29) is 18.4 Å². The zero-order valence-electron chi connectivity index (χ0n) is 11.7. The number of ether oxygens (including phenoxy) is 1. The van der Waals surface area contributed by atoms with Crippen LogP contribution in [0.25, 0.3) is 0 Å². The lowest BCUT2D eigenvalue weighted by Crippen LogP contribution is -2.53. The van der Waals surface area contributed by atoms with Gasteiger partial charge in [-0.3, -0.25) is 9.59 Å². The molecule has 1 saturated heterocycles. The van der Waals surface area contributed by atoms with E-state index in [1.807, 2.05) is 0 Å². The summed E-state index contributed by atoms with van der Waals surface area (Å²) in [7, 11) is 1.58. The van der Waals surface area contributed by atoms with Gasteiger partial charge in [-0.15, -0.1) is 6.58 Å². The number of hydrogen-bond donors (Lipinski definition) is 1. The molecule has 1 aliphatic heterocycles. The van der Waals surface area contributed by atoms with E-state index in [1.165, 1.54) is 23.1 Å². The second-order valence-corrected chi connectivity index (χ2v) is 4.77. The summed E-state index contributed by atoms with van der Waals surface area (Å²) in [6, 6.07) is 5.15. The Morgan fingerprint density at radius 3 is 3.05 bits per heavy atom. The molecule has 0 radical (unpaired) electrons. The maximum absolute atomic E-state index is 13.4. The predicted octanol–water partition coefficient (Wildman–Crippen LogP) is 1.03. The number of benzene rings is 1. The quantitative estimate of drug-likeness (QED) is 0.843. The first kappa shape index (κ1) is 15.2. The molecule has 1 N–H and O–H groups in total. The van der Waals surface area contributed by atoms with Crippen molar-refractivity contribution in [3.8, 4) is 0 Å². The van der Waals surface area contributed by atoms with Gasteiger partial charge in [0.2, 0.25) is 5.91 Å². The van der Waals surface area contributed by atoms with Crippen LogP contribution in [0.1, 0.15) is 11.6 Å². The first-order valence-electron chi connectivity index (χ1n) is 6.56. The smallest absolute Gasteiger partial charge is 0.251 e. The van der Waals surface area contributed by atoms with Crippen LogP contribution in [0.15, 0.2) is 36.9 Å². The lowest BCUT2D eigenvalue weighted by atomic mass is 9.97. The topological polar surface area (TPSA) is 58.6 Å². The van der Waals surface area contributed by atoms with Crippen molar-refractivity contribution in [3.05, 3.63) is 48.3 Å². The molecule has 1 aromatic rings. The van der Waals surface area contributed by atoms with Gasteiger partial charge in [0.25, 0.3) is 5.91 Å². The monoisotopic (exact) mass is 292 g/mol. The van der Waals surface area contributed by atoms with E-state index >= 15 is 0 Å². The van der Waals surface area contributed by atoms with E-state index in [0.29, 0.717) is 12.1 Å². The second-order valence-electron chi connectivity index (χ2n) is 4.77. The fraction of sp³-hybridized carbons (Fsp3) is 0.333. The highest BCUT2D eigenvalue weighted by Crippen LogP contribution is 2.29. The van der Waals surface area contributed by atoms with Crippen molar-refractivity contribution >= 4 is 11.8 Å². The molecule has 21 heavy (non-hydrogen) atoms. The molecule has 2 atom stereocenters. The minimum atomic E-state index is -0.880. The van der Waals surface area contributed by atoms with Gasteiger partial charge in [0.05, 0.1) is 6.04 Å². The molecular formula is C15H17FN2O3. The second kappa shape index (κ2) is 6.49. The van der Waals surface area contributed by atoms with Gasteiger partial charge < -0.3 is 15.0 Å². The molecule has 0 spiro atoms. The summed E-state index contributed by atoms with van der Waals surface area (Å²) in [6.07, 6.45) is 0.668. The average Bonchev–Trinajstić information content (AvgIpc) is 2.47. The maximum Gasteiger partial charge on any atom is 0.251 e. The van der Waals surface area contributed by atoms with Crippen molar-refractivity contribution in [2.45, 2.75) is 12.1 Å². The molecule has 1 aliphatic rings. The third-order valence-corrected chi connectivity index (χ3v) is 3.35. The number of halogens is 1. The number of amides is 2. The SMILES string of the molecule is C=CCNC(=O)[C@@H]1OCC(=O)N(C)[C@@H]1c1cccc(F)c1. The number of nitrogens with one attached hydrogen (secondary N) is 1. The summed E-state index contributed by atoms with van der Waals surface area (Å²) in [5, 5.41) is 2.64. The average molecular weight is 292 g/mol. The molecule has 0 saturated carbocycles. The summed E-state index contributed by atoms with van der Waals surface area (Å²) < 4.78 is 18.8. The van der Waals surface area contributed by atoms with Crippen LogP contribution in [-0.2, 0) is 14.3 Å². The summed E-state index contributed by atoms with van der Waals surface area (Å²) in [5.41, 5.74) is 0.518. The Bertz CT molecular complexity index is 562. The number of carbonyl (C=O) groups is 2. The van der Waals surface area contributed by atoms with Gasteiger partial charge in [-0.25, -0.2) is 4.39 Å². The number of likely N-dealkylation sites (N-methyl/N-ethyl adjacent to an activating group) is 1. The molecule has 6 heteroatoms. The van der Waals surface area contributed by atoms with Crippen molar-refractivity contribution in [3.63, 3.8) is 0 Å². The van der Waals surface area contributed by atoms with Crippen LogP contribution < -0.4 is 5.32 Å². The molecule has 2 rings (SSSR count). The predicted molar refractivity (Wildman–Crippen MR) is 74.9 cm³/mol. The number of hydrogen-bond acceptors (Lipinski definition) is 3. The molecule has 2 amide bonds. The Morgan fingerprint density at radius 2 is 2.38 bits per heavy atom. The number of morpholine rings is 1. The van der Waals surface area contributed by atoms with Crippen molar-refractivity contribution in [2.24, 2.45) is 0 Å². The Kier molecular flexibility index (Phi) is 4.70. The van der Waals surface area contributed by atoms with E-state index in [4.69, 9.17) is 4.74 Å². The highest BCUT2D eigenvalue weighted by atomic mass is 19.1. The molecule has 1 fully saturated rings. The number of rotatable bonds is 4. The van der Waals surface area contributed by atoms with Crippen LogP contribution in [0.5, 0.6) is 0 Å². The van der Waals surface area contributed by atoms with Gasteiger partial charge >= 0.3 is 0 Å². The normalized spacial score (nSPS) is 22.0. The van der Waals surface area contributed by atoms with Crippen LogP contribution in [0.3, 0.4) is 0 Å². The molecule has 0 bridgehead atoms.